The Balaban J connectivity index is 1.62. The quantitative estimate of drug-likeness (QED) is 0.453. The van der Waals surface area contributed by atoms with Crippen molar-refractivity contribution in [1.29, 1.82) is 0 Å². The van der Waals surface area contributed by atoms with Gasteiger partial charge in [0, 0.05) is 5.41 Å². The van der Waals surface area contributed by atoms with Crippen LogP contribution < -0.4 is 0 Å². The Bertz CT molecular complexity index is 711. The molecular weight excluding hydrogens is 348 g/mol. The van der Waals surface area contributed by atoms with Gasteiger partial charge in [0.2, 0.25) is 0 Å². The highest BCUT2D eigenvalue weighted by molar-refractivity contribution is 5.91. The van der Waals surface area contributed by atoms with Gasteiger partial charge in [0.25, 0.3) is 0 Å². The maximum atomic E-state index is 11.8. The molecule has 4 rings (SSSR count). The van der Waals surface area contributed by atoms with Gasteiger partial charge < -0.3 is 19.3 Å². The van der Waals surface area contributed by atoms with E-state index in [4.69, 9.17) is 14.2 Å². The largest absolute Gasteiger partial charge is 0.508 e. The molecule has 0 amide bonds. The van der Waals surface area contributed by atoms with E-state index in [9.17, 15) is 14.7 Å². The molecule has 6 atom stereocenters. The third-order valence-electron chi connectivity index (χ3n) is 7.60. The number of ether oxygens (including phenoxy) is 3. The number of cyclic esters (lactones) is 2. The van der Waals surface area contributed by atoms with Crippen LogP contribution in [-0.2, 0) is 19.0 Å². The van der Waals surface area contributed by atoms with Gasteiger partial charge in [0.15, 0.2) is 0 Å². The van der Waals surface area contributed by atoms with Crippen molar-refractivity contribution in [3.8, 4) is 0 Å². The van der Waals surface area contributed by atoms with Crippen LogP contribution in [0.2, 0.25) is 0 Å². The van der Waals surface area contributed by atoms with E-state index < -0.39 is 18.2 Å². The molecule has 0 spiro atoms. The first kappa shape index (κ1) is 18.5. The van der Waals surface area contributed by atoms with Crippen molar-refractivity contribution in [3.05, 3.63) is 23.8 Å². The first-order valence-corrected chi connectivity index (χ1v) is 9.82. The number of hydrogen-bond acceptors (Lipinski definition) is 6. The van der Waals surface area contributed by atoms with Crippen molar-refractivity contribution in [2.45, 2.75) is 58.2 Å². The second-order valence-electron chi connectivity index (χ2n) is 9.01. The van der Waals surface area contributed by atoms with Gasteiger partial charge in [-0.15, -0.1) is 0 Å². The Hall–Kier alpha value is -1.82. The molecule has 4 fully saturated rings. The lowest BCUT2D eigenvalue weighted by Crippen LogP contribution is -2.60. The third-order valence-corrected chi connectivity index (χ3v) is 7.60. The molecule has 6 nitrogen and oxygen atoms in total. The minimum absolute atomic E-state index is 0.0157. The summed E-state index contributed by atoms with van der Waals surface area (Å²) in [4.78, 5) is 23.4. The molecule has 2 aliphatic carbocycles. The van der Waals surface area contributed by atoms with Crippen LogP contribution in [0.5, 0.6) is 0 Å². The molecule has 2 saturated heterocycles. The molecule has 2 aliphatic heterocycles. The minimum Gasteiger partial charge on any atom is -0.459 e. The summed E-state index contributed by atoms with van der Waals surface area (Å²) in [6.45, 7) is 9.23. The molecule has 2 heterocycles. The van der Waals surface area contributed by atoms with E-state index in [0.29, 0.717) is 24.5 Å². The summed E-state index contributed by atoms with van der Waals surface area (Å²) < 4.78 is 15.7. The van der Waals surface area contributed by atoms with E-state index in [1.54, 1.807) is 0 Å². The van der Waals surface area contributed by atoms with Crippen molar-refractivity contribution in [3.63, 3.8) is 0 Å². The monoisotopic (exact) mass is 376 g/mol. The molecule has 148 valence electrons. The van der Waals surface area contributed by atoms with Crippen LogP contribution in [0.4, 0.5) is 4.79 Å². The third kappa shape index (κ3) is 2.80. The normalized spacial score (nSPS) is 45.6. The fraction of sp³-hybridized carbons (Fsp3) is 0.714. The highest BCUT2D eigenvalue weighted by Crippen LogP contribution is 2.63. The minimum atomic E-state index is -0.836. The predicted molar refractivity (Wildman–Crippen MR) is 96.7 cm³/mol. The molecule has 0 radical (unpaired) electrons. The number of aliphatic hydroxyl groups excluding tert-OH is 1. The number of carbonyl (C=O) groups excluding carboxylic acids is 2. The Morgan fingerprint density at radius 2 is 2.00 bits per heavy atom. The van der Waals surface area contributed by atoms with Crippen LogP contribution in [0, 0.1) is 22.7 Å². The molecule has 0 aromatic heterocycles. The highest BCUT2D eigenvalue weighted by atomic mass is 16.7. The summed E-state index contributed by atoms with van der Waals surface area (Å²) >= 11 is 0. The summed E-state index contributed by atoms with van der Waals surface area (Å²) in [5, 5.41) is 9.97. The number of rotatable bonds is 2. The number of carbonyl (C=O) groups is 2. The summed E-state index contributed by atoms with van der Waals surface area (Å²) in [6, 6.07) is 0. The van der Waals surface area contributed by atoms with Gasteiger partial charge in [0.05, 0.1) is 5.57 Å². The molecule has 0 bridgehead atoms. The molecule has 2 saturated carbocycles. The molecule has 0 aromatic carbocycles. The maximum absolute atomic E-state index is 11.8. The average molecular weight is 376 g/mol. The second kappa shape index (κ2) is 6.36. The molecule has 27 heavy (non-hydrogen) atoms. The number of aliphatic hydroxyl groups is 1. The van der Waals surface area contributed by atoms with Crippen LogP contribution >= 0.6 is 0 Å². The molecule has 3 unspecified atom stereocenters. The highest BCUT2D eigenvalue weighted by Gasteiger charge is 2.60. The Kier molecular flexibility index (Phi) is 4.37. The molecular formula is C21H28O6. The van der Waals surface area contributed by atoms with E-state index in [2.05, 4.69) is 20.4 Å². The maximum Gasteiger partial charge on any atom is 0.508 e. The molecule has 6 heteroatoms. The van der Waals surface area contributed by atoms with Gasteiger partial charge in [-0.2, -0.15) is 0 Å². The fourth-order valence-electron chi connectivity index (χ4n) is 6.09. The summed E-state index contributed by atoms with van der Waals surface area (Å²) in [7, 11) is 0. The van der Waals surface area contributed by atoms with Gasteiger partial charge in [-0.3, -0.25) is 0 Å². The van der Waals surface area contributed by atoms with Gasteiger partial charge >= 0.3 is 12.1 Å². The second-order valence-corrected chi connectivity index (χ2v) is 9.01. The standard InChI is InChI=1S/C21H28O6/c1-12-4-7-16-20(2,9-8-17-21(16,3)11-26-19(24)27-17)14(12)6-5-13-15(22)10-25-18(13)23/h5,14-17,22H,1,4,6-11H2,2-3H3/b13-5+/t14-,15?,16?,17?,20+,21-/m0/s1. The smallest absolute Gasteiger partial charge is 0.459 e. The fourth-order valence-corrected chi connectivity index (χ4v) is 6.09. The Morgan fingerprint density at radius 1 is 1.22 bits per heavy atom. The summed E-state index contributed by atoms with van der Waals surface area (Å²) in [5.41, 5.74) is 1.34. The van der Waals surface area contributed by atoms with Crippen molar-refractivity contribution in [1.82, 2.24) is 0 Å². The summed E-state index contributed by atoms with van der Waals surface area (Å²) in [6.07, 6.45) is 4.67. The number of hydrogen-bond donors (Lipinski definition) is 1. The number of esters is 1. The predicted octanol–water partition coefficient (Wildman–Crippen LogP) is 3.14. The van der Waals surface area contributed by atoms with Crippen LogP contribution in [-0.4, -0.2) is 42.7 Å². The van der Waals surface area contributed by atoms with E-state index in [0.717, 1.165) is 25.7 Å². The van der Waals surface area contributed by atoms with Crippen LogP contribution in [0.25, 0.3) is 0 Å². The SMILES string of the molecule is C=C1CCC2[C@]3(C)COC(=O)OC3CC[C@]2(C)[C@H]1C/C=C1/C(=O)OCC1O. The molecule has 4 aliphatic rings. The van der Waals surface area contributed by atoms with Crippen molar-refractivity contribution < 1.29 is 28.9 Å². The van der Waals surface area contributed by atoms with Crippen molar-refractivity contribution in [2.75, 3.05) is 13.2 Å². The van der Waals surface area contributed by atoms with E-state index in [-0.39, 0.29) is 29.5 Å². The van der Waals surface area contributed by atoms with Crippen LogP contribution in [0.15, 0.2) is 23.8 Å². The zero-order chi connectivity index (χ0) is 19.4. The van der Waals surface area contributed by atoms with E-state index in [1.165, 1.54) is 5.57 Å². The Labute approximate surface area is 159 Å². The van der Waals surface area contributed by atoms with Gasteiger partial charge in [-0.05, 0) is 49.4 Å². The molecule has 1 N–H and O–H groups in total. The van der Waals surface area contributed by atoms with Gasteiger partial charge in [-0.25, -0.2) is 9.59 Å². The van der Waals surface area contributed by atoms with Crippen LogP contribution in [0.3, 0.4) is 0 Å². The molecule has 0 aromatic rings. The zero-order valence-corrected chi connectivity index (χ0v) is 16.0. The number of allylic oxidation sites excluding steroid dienone is 2. The van der Waals surface area contributed by atoms with Crippen molar-refractivity contribution in [2.24, 2.45) is 22.7 Å². The number of fused-ring (bicyclic) bond motifs is 3. The Morgan fingerprint density at radius 3 is 2.70 bits per heavy atom. The topological polar surface area (TPSA) is 82.1 Å². The van der Waals surface area contributed by atoms with Gasteiger partial charge in [-0.1, -0.05) is 32.1 Å². The van der Waals surface area contributed by atoms with Crippen LogP contribution in [0.1, 0.15) is 46.0 Å². The van der Waals surface area contributed by atoms with Crippen molar-refractivity contribution >= 4 is 12.1 Å². The van der Waals surface area contributed by atoms with Gasteiger partial charge in [0.1, 0.15) is 25.4 Å². The van der Waals surface area contributed by atoms with E-state index >= 15 is 0 Å². The lowest BCUT2D eigenvalue weighted by Gasteiger charge is -2.61. The zero-order valence-electron chi connectivity index (χ0n) is 16.0. The lowest BCUT2D eigenvalue weighted by atomic mass is 9.46. The van der Waals surface area contributed by atoms with E-state index in [1.807, 2.05) is 6.08 Å². The average Bonchev–Trinajstić information content (AvgIpc) is 2.93. The lowest BCUT2D eigenvalue weighted by molar-refractivity contribution is -0.192. The summed E-state index contributed by atoms with van der Waals surface area (Å²) in [5.74, 6) is 0.125. The first-order chi connectivity index (χ1) is 12.8. The first-order valence-electron chi connectivity index (χ1n) is 9.82.